The van der Waals surface area contributed by atoms with Crippen LogP contribution in [0.2, 0.25) is 0 Å². The van der Waals surface area contributed by atoms with Crippen molar-refractivity contribution in [2.45, 2.75) is 6.04 Å². The summed E-state index contributed by atoms with van der Waals surface area (Å²) in [6.07, 6.45) is 1.28. The maximum Gasteiger partial charge on any atom is 0.335 e. The van der Waals surface area contributed by atoms with Gasteiger partial charge in [-0.2, -0.15) is 0 Å². The summed E-state index contributed by atoms with van der Waals surface area (Å²) < 4.78 is 13.1. The number of hydrogen-bond donors (Lipinski definition) is 3. The van der Waals surface area contributed by atoms with Crippen LogP contribution in [0.15, 0.2) is 24.8 Å². The molecule has 1 aromatic carbocycles. The minimum absolute atomic E-state index is 0. The van der Waals surface area contributed by atoms with E-state index in [1.807, 2.05) is 0 Å². The first-order chi connectivity index (χ1) is 6.97. The second kappa shape index (κ2) is 5.48. The van der Waals surface area contributed by atoms with Crippen molar-refractivity contribution >= 4 is 18.4 Å². The highest BCUT2D eigenvalue weighted by Gasteiger charge is 2.16. The lowest BCUT2D eigenvalue weighted by Crippen LogP contribution is -2.09. The van der Waals surface area contributed by atoms with E-state index < -0.39 is 23.6 Å². The van der Waals surface area contributed by atoms with Crippen LogP contribution in [0.25, 0.3) is 0 Å². The van der Waals surface area contributed by atoms with Crippen LogP contribution in [-0.2, 0) is 0 Å². The minimum atomic E-state index is -1.29. The second-order valence-electron chi connectivity index (χ2n) is 2.96. The predicted molar refractivity (Wildman–Crippen MR) is 59.4 cm³/mol. The number of carboxylic acids is 1. The van der Waals surface area contributed by atoms with Gasteiger partial charge in [0, 0.05) is 5.56 Å². The number of halogens is 2. The Hall–Kier alpha value is -1.59. The van der Waals surface area contributed by atoms with E-state index in [2.05, 4.69) is 6.58 Å². The van der Waals surface area contributed by atoms with E-state index in [0.717, 1.165) is 12.1 Å². The Bertz CT molecular complexity index is 423. The molecule has 0 saturated carbocycles. The Balaban J connectivity index is 0.00000225. The molecule has 1 atom stereocenters. The van der Waals surface area contributed by atoms with E-state index in [4.69, 9.17) is 10.8 Å². The lowest BCUT2D eigenvalue weighted by molar-refractivity contribution is 0.0696. The monoisotopic (exact) mass is 247 g/mol. The topological polar surface area (TPSA) is 83.6 Å². The Morgan fingerprint density at radius 1 is 1.56 bits per heavy atom. The Labute approximate surface area is 97.6 Å². The molecule has 6 heteroatoms. The molecule has 0 aromatic heterocycles. The molecule has 0 aliphatic heterocycles. The zero-order valence-corrected chi connectivity index (χ0v) is 9.00. The Kier molecular flexibility index (Phi) is 4.94. The van der Waals surface area contributed by atoms with Gasteiger partial charge in [0.15, 0.2) is 11.6 Å². The van der Waals surface area contributed by atoms with Crippen molar-refractivity contribution in [2.24, 2.45) is 5.73 Å². The summed E-state index contributed by atoms with van der Waals surface area (Å²) in [5, 5.41) is 18.0. The molecule has 1 rings (SSSR count). The van der Waals surface area contributed by atoms with E-state index >= 15 is 0 Å². The number of carboxylic acid groups (broad SMARTS) is 1. The van der Waals surface area contributed by atoms with Crippen LogP contribution in [0.5, 0.6) is 5.75 Å². The lowest BCUT2D eigenvalue weighted by Gasteiger charge is -2.10. The number of benzene rings is 1. The molecule has 16 heavy (non-hydrogen) atoms. The average Bonchev–Trinajstić information content (AvgIpc) is 2.20. The molecule has 0 radical (unpaired) electrons. The van der Waals surface area contributed by atoms with Gasteiger partial charge in [-0.25, -0.2) is 9.18 Å². The third-order valence-electron chi connectivity index (χ3n) is 1.95. The standard InChI is InChI=1S/C10H10FNO3.ClH/c1-2-8(12)6-3-5(10(14)15)4-7(11)9(6)13;/h2-4,8,13H,1,12H2,(H,14,15);1H/t8-;/m1./s1. The van der Waals surface area contributed by atoms with Crippen molar-refractivity contribution in [2.75, 3.05) is 0 Å². The number of aromatic hydroxyl groups is 1. The van der Waals surface area contributed by atoms with Gasteiger partial charge in [-0.1, -0.05) is 6.08 Å². The highest BCUT2D eigenvalue weighted by atomic mass is 35.5. The number of hydrogen-bond acceptors (Lipinski definition) is 3. The summed E-state index contributed by atoms with van der Waals surface area (Å²) in [7, 11) is 0. The molecular formula is C10H11ClFNO3. The van der Waals surface area contributed by atoms with Gasteiger partial charge < -0.3 is 15.9 Å². The Morgan fingerprint density at radius 3 is 2.56 bits per heavy atom. The van der Waals surface area contributed by atoms with Crippen molar-refractivity contribution in [3.63, 3.8) is 0 Å². The van der Waals surface area contributed by atoms with Crippen LogP contribution in [0.4, 0.5) is 4.39 Å². The third-order valence-corrected chi connectivity index (χ3v) is 1.95. The van der Waals surface area contributed by atoms with E-state index in [-0.39, 0.29) is 23.5 Å². The number of rotatable bonds is 3. The van der Waals surface area contributed by atoms with Gasteiger partial charge in [0.2, 0.25) is 0 Å². The SMILES string of the molecule is C=C[C@@H](N)c1cc(C(=O)O)cc(F)c1O.Cl. The quantitative estimate of drug-likeness (QED) is 0.712. The summed E-state index contributed by atoms with van der Waals surface area (Å²) in [6.45, 7) is 3.38. The second-order valence-corrected chi connectivity index (χ2v) is 2.96. The highest BCUT2D eigenvalue weighted by Crippen LogP contribution is 2.27. The number of phenols is 1. The molecule has 0 aliphatic carbocycles. The average molecular weight is 248 g/mol. The van der Waals surface area contributed by atoms with Crippen molar-refractivity contribution in [3.05, 3.63) is 41.7 Å². The molecule has 4 N–H and O–H groups in total. The van der Waals surface area contributed by atoms with Gasteiger partial charge in [-0.15, -0.1) is 19.0 Å². The van der Waals surface area contributed by atoms with Crippen LogP contribution in [-0.4, -0.2) is 16.2 Å². The van der Waals surface area contributed by atoms with Crippen LogP contribution < -0.4 is 5.73 Å². The van der Waals surface area contributed by atoms with Gasteiger partial charge >= 0.3 is 5.97 Å². The van der Waals surface area contributed by atoms with Crippen molar-refractivity contribution in [3.8, 4) is 5.75 Å². The lowest BCUT2D eigenvalue weighted by atomic mass is 10.0. The molecule has 88 valence electrons. The summed E-state index contributed by atoms with van der Waals surface area (Å²) in [6, 6.07) is 1.04. The molecule has 0 amide bonds. The van der Waals surface area contributed by atoms with Gasteiger partial charge in [-0.3, -0.25) is 0 Å². The molecule has 0 heterocycles. The zero-order valence-electron chi connectivity index (χ0n) is 8.18. The first kappa shape index (κ1) is 14.4. The normalized spacial score (nSPS) is 11.4. The molecule has 0 spiro atoms. The largest absolute Gasteiger partial charge is 0.505 e. The molecule has 0 aliphatic rings. The molecular weight excluding hydrogens is 237 g/mol. The smallest absolute Gasteiger partial charge is 0.335 e. The molecule has 0 fully saturated rings. The molecule has 0 saturated heterocycles. The number of nitrogens with two attached hydrogens (primary N) is 1. The molecule has 4 nitrogen and oxygen atoms in total. The first-order valence-corrected chi connectivity index (χ1v) is 4.11. The fraction of sp³-hybridized carbons (Fsp3) is 0.100. The highest BCUT2D eigenvalue weighted by molar-refractivity contribution is 5.88. The maximum absolute atomic E-state index is 13.1. The van der Waals surface area contributed by atoms with E-state index in [1.54, 1.807) is 0 Å². The fourth-order valence-electron chi connectivity index (χ4n) is 1.12. The first-order valence-electron chi connectivity index (χ1n) is 4.11. The van der Waals surface area contributed by atoms with Gasteiger partial charge in [0.25, 0.3) is 0 Å². The van der Waals surface area contributed by atoms with Crippen LogP contribution >= 0.6 is 12.4 Å². The maximum atomic E-state index is 13.1. The van der Waals surface area contributed by atoms with Gasteiger partial charge in [0.05, 0.1) is 11.6 Å². The number of phenolic OH excluding ortho intramolecular Hbond substituents is 1. The van der Waals surface area contributed by atoms with Crippen LogP contribution in [0.1, 0.15) is 22.0 Å². The van der Waals surface area contributed by atoms with E-state index in [0.29, 0.717) is 0 Å². The predicted octanol–water partition coefficient (Wildman–Crippen LogP) is 1.84. The Morgan fingerprint density at radius 2 is 2.12 bits per heavy atom. The molecule has 0 bridgehead atoms. The van der Waals surface area contributed by atoms with Crippen molar-refractivity contribution in [1.29, 1.82) is 0 Å². The molecule has 1 aromatic rings. The van der Waals surface area contributed by atoms with Gasteiger partial charge in [-0.05, 0) is 12.1 Å². The summed E-state index contributed by atoms with van der Waals surface area (Å²) in [5.41, 5.74) is 5.23. The van der Waals surface area contributed by atoms with Crippen molar-refractivity contribution < 1.29 is 19.4 Å². The van der Waals surface area contributed by atoms with Gasteiger partial charge in [0.1, 0.15) is 0 Å². The summed E-state index contributed by atoms with van der Waals surface area (Å²) in [5.74, 6) is -2.94. The fourth-order valence-corrected chi connectivity index (χ4v) is 1.12. The van der Waals surface area contributed by atoms with E-state index in [9.17, 15) is 14.3 Å². The summed E-state index contributed by atoms with van der Waals surface area (Å²) in [4.78, 5) is 10.6. The van der Waals surface area contributed by atoms with Crippen LogP contribution in [0, 0.1) is 5.82 Å². The third kappa shape index (κ3) is 2.71. The number of carbonyl (C=O) groups is 1. The minimum Gasteiger partial charge on any atom is -0.505 e. The number of aromatic carboxylic acids is 1. The van der Waals surface area contributed by atoms with Crippen molar-refractivity contribution in [1.82, 2.24) is 0 Å². The van der Waals surface area contributed by atoms with Crippen LogP contribution in [0.3, 0.4) is 0 Å². The molecule has 0 unspecified atom stereocenters. The van der Waals surface area contributed by atoms with E-state index in [1.165, 1.54) is 6.08 Å². The summed E-state index contributed by atoms with van der Waals surface area (Å²) >= 11 is 0. The zero-order chi connectivity index (χ0) is 11.6.